The number of carbonyl (C=O) groups excluding carboxylic acids is 2. The molecular weight excluding hydrogens is 382 g/mol. The van der Waals surface area contributed by atoms with E-state index < -0.39 is 11.8 Å². The number of nitrogens with one attached hydrogen (secondary N) is 1. The summed E-state index contributed by atoms with van der Waals surface area (Å²) in [5.74, 6) is 0.209. The minimum absolute atomic E-state index is 0.197. The predicted octanol–water partition coefficient (Wildman–Crippen LogP) is 2.91. The number of methoxy groups -OCH3 is 1. The van der Waals surface area contributed by atoms with Gasteiger partial charge in [-0.3, -0.25) is 19.5 Å². The van der Waals surface area contributed by atoms with Crippen molar-refractivity contribution in [1.82, 2.24) is 15.2 Å². The van der Waals surface area contributed by atoms with Crippen molar-refractivity contribution in [2.45, 2.75) is 50.4 Å². The average molecular weight is 409 g/mol. The van der Waals surface area contributed by atoms with Crippen molar-refractivity contribution in [2.24, 2.45) is 0 Å². The zero-order valence-electron chi connectivity index (χ0n) is 17.2. The highest BCUT2D eigenvalue weighted by molar-refractivity contribution is 5.98. The van der Waals surface area contributed by atoms with Crippen LogP contribution in [0, 0.1) is 0 Å². The van der Waals surface area contributed by atoms with Crippen molar-refractivity contribution < 1.29 is 19.1 Å². The van der Waals surface area contributed by atoms with Crippen molar-refractivity contribution >= 4 is 11.8 Å². The first-order valence-corrected chi connectivity index (χ1v) is 10.4. The largest absolute Gasteiger partial charge is 0.497 e. The van der Waals surface area contributed by atoms with Crippen LogP contribution in [-0.4, -0.2) is 47.2 Å². The Morgan fingerprint density at radius 3 is 2.70 bits per heavy atom. The van der Waals surface area contributed by atoms with Gasteiger partial charge in [-0.1, -0.05) is 12.5 Å². The molecule has 2 heterocycles. The second-order valence-electron chi connectivity index (χ2n) is 7.81. The van der Waals surface area contributed by atoms with Crippen LogP contribution in [0.1, 0.15) is 48.0 Å². The molecule has 4 rings (SSSR count). The van der Waals surface area contributed by atoms with E-state index >= 15 is 0 Å². The van der Waals surface area contributed by atoms with Gasteiger partial charge >= 0.3 is 0 Å². The fourth-order valence-corrected chi connectivity index (χ4v) is 4.37. The minimum Gasteiger partial charge on any atom is -0.497 e. The molecular formula is C23H27N3O4. The second-order valence-corrected chi connectivity index (χ2v) is 7.81. The molecule has 1 aromatic carbocycles. The van der Waals surface area contributed by atoms with Crippen molar-refractivity contribution in [3.05, 3.63) is 59.9 Å². The summed E-state index contributed by atoms with van der Waals surface area (Å²) < 4.78 is 11.5. The first-order valence-electron chi connectivity index (χ1n) is 10.4. The van der Waals surface area contributed by atoms with Crippen LogP contribution in [0.3, 0.4) is 0 Å². The molecule has 1 saturated heterocycles. The Hall–Kier alpha value is -2.93. The number of benzene rings is 1. The Morgan fingerprint density at radius 1 is 1.20 bits per heavy atom. The average Bonchev–Trinajstić information content (AvgIpc) is 3.16. The van der Waals surface area contributed by atoms with E-state index in [1.165, 1.54) is 0 Å². The number of rotatable bonds is 5. The molecule has 1 atom stereocenters. The van der Waals surface area contributed by atoms with Gasteiger partial charge in [-0.05, 0) is 61.6 Å². The Morgan fingerprint density at radius 2 is 1.97 bits per heavy atom. The normalized spacial score (nSPS) is 20.2. The van der Waals surface area contributed by atoms with Gasteiger partial charge in [0, 0.05) is 24.5 Å². The van der Waals surface area contributed by atoms with Crippen LogP contribution in [0.4, 0.5) is 0 Å². The monoisotopic (exact) mass is 409 g/mol. The van der Waals surface area contributed by atoms with E-state index in [2.05, 4.69) is 10.3 Å². The van der Waals surface area contributed by atoms with Crippen molar-refractivity contribution in [3.63, 3.8) is 0 Å². The molecule has 1 N–H and O–H groups in total. The fourth-order valence-electron chi connectivity index (χ4n) is 4.37. The van der Waals surface area contributed by atoms with Gasteiger partial charge in [0.05, 0.1) is 13.7 Å². The fraction of sp³-hybridized carbons (Fsp3) is 0.435. The maximum Gasteiger partial charge on any atom is 0.257 e. The molecule has 7 nitrogen and oxygen atoms in total. The van der Waals surface area contributed by atoms with Crippen LogP contribution in [0.15, 0.2) is 48.8 Å². The first-order chi connectivity index (χ1) is 14.6. The van der Waals surface area contributed by atoms with E-state index in [0.29, 0.717) is 17.9 Å². The van der Waals surface area contributed by atoms with E-state index in [1.807, 2.05) is 12.1 Å². The van der Waals surface area contributed by atoms with E-state index in [9.17, 15) is 9.59 Å². The van der Waals surface area contributed by atoms with Crippen LogP contribution in [0.2, 0.25) is 0 Å². The van der Waals surface area contributed by atoms with Gasteiger partial charge in [-0.2, -0.15) is 0 Å². The van der Waals surface area contributed by atoms with Crippen molar-refractivity contribution in [3.8, 4) is 5.75 Å². The number of pyridine rings is 1. The second kappa shape index (κ2) is 8.83. The smallest absolute Gasteiger partial charge is 0.257 e. The van der Waals surface area contributed by atoms with Gasteiger partial charge in [0.2, 0.25) is 5.91 Å². The standard InChI is InChI=1S/C23H27N3O4/c1-29-19-7-5-6-18(14-19)22(28)26-20(16-30-23(26)10-3-2-4-11-23)21(27)25-15-17-8-12-24-13-9-17/h5-9,12-14,20H,2-4,10-11,15-16H2,1H3,(H,25,27)/t20-/m1/s1. The lowest BCUT2D eigenvalue weighted by atomic mass is 9.89. The number of amides is 2. The molecule has 2 aromatic rings. The van der Waals surface area contributed by atoms with Gasteiger partial charge in [0.15, 0.2) is 0 Å². The topological polar surface area (TPSA) is 80.8 Å². The van der Waals surface area contributed by atoms with E-state index in [0.717, 1.165) is 37.7 Å². The third kappa shape index (κ3) is 4.03. The third-order valence-electron chi connectivity index (χ3n) is 5.95. The summed E-state index contributed by atoms with van der Waals surface area (Å²) in [5.41, 5.74) is 0.740. The van der Waals surface area contributed by atoms with Crippen molar-refractivity contribution in [1.29, 1.82) is 0 Å². The molecule has 1 aliphatic carbocycles. The van der Waals surface area contributed by atoms with Gasteiger partial charge in [-0.15, -0.1) is 0 Å². The number of aromatic nitrogens is 1. The Labute approximate surface area is 176 Å². The molecule has 0 radical (unpaired) electrons. The number of hydrogen-bond donors (Lipinski definition) is 1. The maximum absolute atomic E-state index is 13.6. The van der Waals surface area contributed by atoms with Gasteiger partial charge in [-0.25, -0.2) is 0 Å². The lowest BCUT2D eigenvalue weighted by Gasteiger charge is -2.41. The summed E-state index contributed by atoms with van der Waals surface area (Å²) in [6, 6.07) is 10.1. The molecule has 1 saturated carbocycles. The lowest BCUT2D eigenvalue weighted by molar-refractivity contribution is -0.127. The molecule has 30 heavy (non-hydrogen) atoms. The molecule has 1 spiro atoms. The molecule has 158 valence electrons. The third-order valence-corrected chi connectivity index (χ3v) is 5.95. The number of hydrogen-bond acceptors (Lipinski definition) is 5. The first kappa shape index (κ1) is 20.3. The molecule has 0 bridgehead atoms. The molecule has 7 heteroatoms. The van der Waals surface area contributed by atoms with E-state index in [1.54, 1.807) is 48.7 Å². The Kier molecular flexibility index (Phi) is 5.99. The van der Waals surface area contributed by atoms with Gasteiger partial charge in [0.25, 0.3) is 5.91 Å². The van der Waals surface area contributed by atoms with Crippen LogP contribution < -0.4 is 10.1 Å². The number of carbonyl (C=O) groups is 2. The SMILES string of the molecule is COc1cccc(C(=O)N2[C@@H](C(=O)NCc3ccncc3)COC23CCCCC3)c1. The molecule has 1 aromatic heterocycles. The molecule has 0 unspecified atom stereocenters. The molecule has 2 amide bonds. The summed E-state index contributed by atoms with van der Waals surface area (Å²) in [7, 11) is 1.57. The summed E-state index contributed by atoms with van der Waals surface area (Å²) >= 11 is 0. The summed E-state index contributed by atoms with van der Waals surface area (Å²) in [6.45, 7) is 0.587. The van der Waals surface area contributed by atoms with Crippen LogP contribution in [0.25, 0.3) is 0 Å². The summed E-state index contributed by atoms with van der Waals surface area (Å²) in [6.07, 6.45) is 7.95. The maximum atomic E-state index is 13.6. The van der Waals surface area contributed by atoms with Crippen LogP contribution in [-0.2, 0) is 16.1 Å². The highest BCUT2D eigenvalue weighted by Crippen LogP contribution is 2.41. The predicted molar refractivity (Wildman–Crippen MR) is 111 cm³/mol. The van der Waals surface area contributed by atoms with Crippen LogP contribution in [0.5, 0.6) is 5.75 Å². The summed E-state index contributed by atoms with van der Waals surface area (Å²) in [4.78, 5) is 32.3. The zero-order chi connectivity index (χ0) is 21.0. The highest BCUT2D eigenvalue weighted by Gasteiger charge is 2.52. The van der Waals surface area contributed by atoms with Gasteiger partial charge in [0.1, 0.15) is 17.5 Å². The molecule has 2 aliphatic rings. The Bertz CT molecular complexity index is 896. The van der Waals surface area contributed by atoms with E-state index in [4.69, 9.17) is 9.47 Å². The quantitative estimate of drug-likeness (QED) is 0.821. The van der Waals surface area contributed by atoms with Crippen LogP contribution >= 0.6 is 0 Å². The van der Waals surface area contributed by atoms with Crippen molar-refractivity contribution in [2.75, 3.05) is 13.7 Å². The summed E-state index contributed by atoms with van der Waals surface area (Å²) in [5, 5.41) is 2.96. The molecule has 2 fully saturated rings. The Balaban J connectivity index is 1.58. The lowest BCUT2D eigenvalue weighted by Crippen LogP contribution is -2.56. The number of ether oxygens (including phenoxy) is 2. The number of nitrogens with zero attached hydrogens (tertiary/aromatic N) is 2. The molecule has 1 aliphatic heterocycles. The zero-order valence-corrected chi connectivity index (χ0v) is 17.2. The van der Waals surface area contributed by atoms with E-state index in [-0.39, 0.29) is 18.4 Å². The highest BCUT2D eigenvalue weighted by atomic mass is 16.5. The van der Waals surface area contributed by atoms with Gasteiger partial charge < -0.3 is 14.8 Å². The minimum atomic E-state index is -0.711.